The summed E-state index contributed by atoms with van der Waals surface area (Å²) in [6.45, 7) is 4.77. The number of hydrogen-bond donors (Lipinski definition) is 3. The summed E-state index contributed by atoms with van der Waals surface area (Å²) in [6.07, 6.45) is -1.14. The van der Waals surface area contributed by atoms with Gasteiger partial charge < -0.3 is 10.6 Å². The van der Waals surface area contributed by atoms with Gasteiger partial charge in [0.2, 0.25) is 21.8 Å². The number of anilines is 1. The van der Waals surface area contributed by atoms with Crippen LogP contribution in [0.15, 0.2) is 47.4 Å². The van der Waals surface area contributed by atoms with E-state index in [2.05, 4.69) is 15.4 Å². The Kier molecular flexibility index (Phi) is 8.45. The largest absolute Gasteiger partial charge is 0.351 e. The lowest BCUT2D eigenvalue weighted by Gasteiger charge is -2.38. The van der Waals surface area contributed by atoms with Crippen LogP contribution < -0.4 is 20.3 Å². The molecule has 0 spiro atoms. The lowest BCUT2D eigenvalue weighted by atomic mass is 9.87. The van der Waals surface area contributed by atoms with Crippen molar-refractivity contribution in [2.45, 2.75) is 80.9 Å². The molecule has 1 unspecified atom stereocenters. The maximum atomic E-state index is 15.0. The summed E-state index contributed by atoms with van der Waals surface area (Å²) in [4.78, 5) is 40.0. The molecule has 2 atom stereocenters. The van der Waals surface area contributed by atoms with E-state index in [1.165, 1.54) is 18.2 Å². The molecule has 3 N–H and O–H groups in total. The Hall–Kier alpha value is -3.16. The molecule has 222 valence electrons. The van der Waals surface area contributed by atoms with Gasteiger partial charge in [-0.2, -0.15) is 0 Å². The monoisotopic (exact) mass is 614 g/mol. The zero-order chi connectivity index (χ0) is 30.3. The minimum Gasteiger partial charge on any atom is -0.351 e. The van der Waals surface area contributed by atoms with Crippen molar-refractivity contribution in [1.29, 1.82) is 0 Å². The van der Waals surface area contributed by atoms with E-state index in [9.17, 15) is 31.6 Å². The number of nitrogens with one attached hydrogen (secondary N) is 3. The lowest BCUT2D eigenvalue weighted by Crippen LogP contribution is -2.55. The lowest BCUT2D eigenvalue weighted by molar-refractivity contribution is -0.133. The highest BCUT2D eigenvalue weighted by atomic mass is 35.5. The van der Waals surface area contributed by atoms with Gasteiger partial charge in [-0.1, -0.05) is 29.8 Å². The van der Waals surface area contributed by atoms with E-state index in [-0.39, 0.29) is 29.1 Å². The van der Waals surface area contributed by atoms with Crippen LogP contribution in [-0.4, -0.2) is 49.7 Å². The van der Waals surface area contributed by atoms with Crippen LogP contribution in [0.3, 0.4) is 0 Å². The second-order valence-corrected chi connectivity index (χ2v) is 13.4. The molecule has 9 nitrogen and oxygen atoms in total. The fourth-order valence-electron chi connectivity index (χ4n) is 4.81. The van der Waals surface area contributed by atoms with Crippen LogP contribution in [-0.2, 0) is 24.4 Å². The van der Waals surface area contributed by atoms with Crippen molar-refractivity contribution in [3.05, 3.63) is 58.9 Å². The molecule has 4 rings (SSSR count). The van der Waals surface area contributed by atoms with E-state index in [1.54, 1.807) is 26.8 Å². The Morgan fingerprint density at radius 1 is 1.15 bits per heavy atom. The van der Waals surface area contributed by atoms with Crippen molar-refractivity contribution in [3.8, 4) is 0 Å². The van der Waals surface area contributed by atoms with Gasteiger partial charge in [-0.15, -0.1) is 0 Å². The molecular weight excluding hydrogens is 585 g/mol. The molecule has 1 saturated heterocycles. The molecule has 1 saturated carbocycles. The number of nitrogens with zero attached hydrogens (tertiary/aromatic N) is 1. The number of amides is 3. The Morgan fingerprint density at radius 3 is 2.37 bits per heavy atom. The molecule has 1 aliphatic heterocycles. The molecule has 2 aromatic rings. The second kappa shape index (κ2) is 11.3. The highest BCUT2D eigenvalue weighted by molar-refractivity contribution is 7.89. The standard InChI is InChI=1S/C27H30ClF3N4O5S/c1-26(2,3)34-41(39,40)18-11-15(29)10-17(12-18)35(25(38)21-8-9-22(36)33-21)23(19-6-4-5-7-20(19)28)24(37)32-16-13-27(30,31)14-16/h4-7,10-12,16,21,23,34H,8-9,13-14H2,1-3H3,(H,32,37)(H,33,36)/t21-,23?/m0/s1. The summed E-state index contributed by atoms with van der Waals surface area (Å²) < 4.78 is 70.8. The Bertz CT molecular complexity index is 1470. The molecule has 41 heavy (non-hydrogen) atoms. The topological polar surface area (TPSA) is 125 Å². The highest BCUT2D eigenvalue weighted by Gasteiger charge is 2.48. The predicted octanol–water partition coefficient (Wildman–Crippen LogP) is 3.82. The second-order valence-electron chi connectivity index (χ2n) is 11.3. The van der Waals surface area contributed by atoms with Crippen LogP contribution in [0.25, 0.3) is 0 Å². The third kappa shape index (κ3) is 7.19. The molecule has 1 heterocycles. The maximum Gasteiger partial charge on any atom is 0.252 e. The average molecular weight is 615 g/mol. The van der Waals surface area contributed by atoms with E-state index in [1.807, 2.05) is 0 Å². The van der Waals surface area contributed by atoms with Crippen molar-refractivity contribution in [2.75, 3.05) is 4.90 Å². The normalized spacial score (nSPS) is 19.7. The van der Waals surface area contributed by atoms with Gasteiger partial charge in [-0.25, -0.2) is 26.3 Å². The van der Waals surface area contributed by atoms with Gasteiger partial charge in [-0.05, 0) is 51.5 Å². The van der Waals surface area contributed by atoms with Crippen LogP contribution in [0, 0.1) is 5.82 Å². The Labute approximate surface area is 240 Å². The summed E-state index contributed by atoms with van der Waals surface area (Å²) in [7, 11) is -4.30. The molecule has 14 heteroatoms. The Balaban J connectivity index is 1.87. The van der Waals surface area contributed by atoms with E-state index in [0.29, 0.717) is 0 Å². The fraction of sp³-hybridized carbons (Fsp3) is 0.444. The van der Waals surface area contributed by atoms with Crippen molar-refractivity contribution in [2.24, 2.45) is 0 Å². The summed E-state index contributed by atoms with van der Waals surface area (Å²) in [5.74, 6) is -6.13. The van der Waals surface area contributed by atoms with Gasteiger partial charge in [0.1, 0.15) is 17.9 Å². The third-order valence-corrected chi connectivity index (χ3v) is 8.64. The van der Waals surface area contributed by atoms with Crippen LogP contribution in [0.4, 0.5) is 18.9 Å². The fourth-order valence-corrected chi connectivity index (χ4v) is 6.52. The third-order valence-electron chi connectivity index (χ3n) is 6.56. The van der Waals surface area contributed by atoms with E-state index < -0.39 is 80.9 Å². The number of carbonyl (C=O) groups excluding carboxylic acids is 3. The van der Waals surface area contributed by atoms with Gasteiger partial charge >= 0.3 is 0 Å². The summed E-state index contributed by atoms with van der Waals surface area (Å²) >= 11 is 6.43. The molecule has 0 radical (unpaired) electrons. The quantitative estimate of drug-likeness (QED) is 0.417. The zero-order valence-electron chi connectivity index (χ0n) is 22.5. The van der Waals surface area contributed by atoms with Gasteiger partial charge in [0, 0.05) is 47.1 Å². The first-order valence-corrected chi connectivity index (χ1v) is 14.7. The molecule has 3 amide bonds. The van der Waals surface area contributed by atoms with Crippen molar-refractivity contribution in [3.63, 3.8) is 0 Å². The summed E-state index contributed by atoms with van der Waals surface area (Å²) in [5, 5.41) is 5.06. The molecule has 0 bridgehead atoms. The Morgan fingerprint density at radius 2 is 1.80 bits per heavy atom. The summed E-state index contributed by atoms with van der Waals surface area (Å²) in [5.41, 5.74) is -1.17. The van der Waals surface area contributed by atoms with Crippen LogP contribution in [0.5, 0.6) is 0 Å². The van der Waals surface area contributed by atoms with Crippen molar-refractivity contribution >= 4 is 45.0 Å². The first-order valence-electron chi connectivity index (χ1n) is 12.9. The molecular formula is C27H30ClF3N4O5S. The van der Waals surface area contributed by atoms with Gasteiger partial charge in [-0.3, -0.25) is 19.3 Å². The van der Waals surface area contributed by atoms with Gasteiger partial charge in [0.15, 0.2) is 0 Å². The maximum absolute atomic E-state index is 15.0. The molecule has 2 fully saturated rings. The average Bonchev–Trinajstić information content (AvgIpc) is 3.26. The van der Waals surface area contributed by atoms with Gasteiger partial charge in [0.05, 0.1) is 4.90 Å². The van der Waals surface area contributed by atoms with Crippen molar-refractivity contribution in [1.82, 2.24) is 15.4 Å². The number of alkyl halides is 2. The molecule has 1 aliphatic carbocycles. The number of sulfonamides is 1. The van der Waals surface area contributed by atoms with E-state index in [0.717, 1.165) is 23.1 Å². The number of rotatable bonds is 8. The van der Waals surface area contributed by atoms with E-state index in [4.69, 9.17) is 11.6 Å². The van der Waals surface area contributed by atoms with Crippen molar-refractivity contribution < 1.29 is 36.0 Å². The van der Waals surface area contributed by atoms with Crippen LogP contribution >= 0.6 is 11.6 Å². The minimum atomic E-state index is -4.30. The predicted molar refractivity (Wildman–Crippen MR) is 145 cm³/mol. The molecule has 0 aromatic heterocycles. The first kappa shape index (κ1) is 30.8. The van der Waals surface area contributed by atoms with Crippen LogP contribution in [0.1, 0.15) is 58.1 Å². The number of benzene rings is 2. The minimum absolute atomic E-state index is 0.0165. The first-order chi connectivity index (χ1) is 19.0. The molecule has 2 aliphatic rings. The SMILES string of the molecule is CC(C)(C)NS(=O)(=O)c1cc(F)cc(N(C(=O)[C@@H]2CCC(=O)N2)C(C(=O)NC2CC(F)(F)C2)c2ccccc2Cl)c1. The number of halogens is 4. The number of hydrogen-bond acceptors (Lipinski definition) is 5. The van der Waals surface area contributed by atoms with Gasteiger partial charge in [0.25, 0.3) is 11.8 Å². The smallest absolute Gasteiger partial charge is 0.252 e. The van der Waals surface area contributed by atoms with E-state index >= 15 is 4.39 Å². The van der Waals surface area contributed by atoms with Crippen LogP contribution in [0.2, 0.25) is 5.02 Å². The summed E-state index contributed by atoms with van der Waals surface area (Å²) in [6, 6.07) is 5.01. The molecule has 2 aromatic carbocycles. The highest BCUT2D eigenvalue weighted by Crippen LogP contribution is 2.39. The zero-order valence-corrected chi connectivity index (χ0v) is 24.1. The number of carbonyl (C=O) groups is 3.